The van der Waals surface area contributed by atoms with Gasteiger partial charge in [-0.05, 0) is 54.6 Å². The van der Waals surface area contributed by atoms with Crippen LogP contribution in [0.25, 0.3) is 17.1 Å². The van der Waals surface area contributed by atoms with Gasteiger partial charge in [-0.2, -0.15) is 0 Å². The standard InChI is InChI=1S/C23H17Cl2N5O2S/c24-15-8-11-18(19(25)12-15)22-28-29-23(30(22)17-4-2-1-3-5-17)33-13-20(31)27-16-9-6-14(7-10-16)21(26)32/h1-12H,13H2,(H2,26,32)(H,27,31). The summed E-state index contributed by atoms with van der Waals surface area (Å²) in [6.07, 6.45) is 0. The van der Waals surface area contributed by atoms with Crippen LogP contribution in [0.2, 0.25) is 10.0 Å². The third-order valence-electron chi connectivity index (χ3n) is 4.61. The molecule has 2 amide bonds. The van der Waals surface area contributed by atoms with Crippen molar-refractivity contribution in [2.24, 2.45) is 5.73 Å². The summed E-state index contributed by atoms with van der Waals surface area (Å²) in [4.78, 5) is 23.7. The van der Waals surface area contributed by atoms with Gasteiger partial charge in [0.1, 0.15) is 0 Å². The van der Waals surface area contributed by atoms with Crippen molar-refractivity contribution >= 4 is 52.5 Å². The van der Waals surface area contributed by atoms with E-state index >= 15 is 0 Å². The second-order valence-electron chi connectivity index (χ2n) is 6.88. The molecule has 3 aromatic carbocycles. The van der Waals surface area contributed by atoms with Crippen LogP contribution in [0.5, 0.6) is 0 Å². The van der Waals surface area contributed by atoms with Crippen LogP contribution in [-0.2, 0) is 4.79 Å². The number of halogens is 2. The van der Waals surface area contributed by atoms with Gasteiger partial charge in [0.15, 0.2) is 11.0 Å². The van der Waals surface area contributed by atoms with Gasteiger partial charge in [-0.15, -0.1) is 10.2 Å². The van der Waals surface area contributed by atoms with Crippen molar-refractivity contribution in [3.05, 3.63) is 88.4 Å². The van der Waals surface area contributed by atoms with E-state index in [-0.39, 0.29) is 11.7 Å². The predicted octanol–water partition coefficient (Wildman–Crippen LogP) is 5.07. The Hall–Kier alpha value is -3.33. The molecule has 1 aromatic heterocycles. The monoisotopic (exact) mass is 497 g/mol. The number of hydrogen-bond donors (Lipinski definition) is 2. The van der Waals surface area contributed by atoms with E-state index in [1.807, 2.05) is 34.9 Å². The fourth-order valence-corrected chi connectivity index (χ4v) is 4.31. The molecule has 0 bridgehead atoms. The molecule has 0 aliphatic carbocycles. The van der Waals surface area contributed by atoms with Crippen LogP contribution in [0.4, 0.5) is 5.69 Å². The summed E-state index contributed by atoms with van der Waals surface area (Å²) in [5.74, 6) is -0.134. The number of thioether (sulfide) groups is 1. The Morgan fingerprint density at radius 3 is 2.36 bits per heavy atom. The van der Waals surface area contributed by atoms with E-state index in [9.17, 15) is 9.59 Å². The number of hydrogen-bond acceptors (Lipinski definition) is 5. The lowest BCUT2D eigenvalue weighted by Gasteiger charge is -2.11. The number of nitrogens with zero attached hydrogens (tertiary/aromatic N) is 3. The number of nitrogens with two attached hydrogens (primary N) is 1. The molecule has 0 unspecified atom stereocenters. The number of amides is 2. The number of aromatic nitrogens is 3. The zero-order chi connectivity index (χ0) is 23.4. The van der Waals surface area contributed by atoms with Crippen LogP contribution < -0.4 is 11.1 Å². The van der Waals surface area contributed by atoms with Crippen molar-refractivity contribution in [1.29, 1.82) is 0 Å². The fraction of sp³-hybridized carbons (Fsp3) is 0.0435. The average Bonchev–Trinajstić information content (AvgIpc) is 3.22. The highest BCUT2D eigenvalue weighted by molar-refractivity contribution is 7.99. The summed E-state index contributed by atoms with van der Waals surface area (Å²) in [5.41, 5.74) is 7.66. The third kappa shape index (κ3) is 5.36. The Kier molecular flexibility index (Phi) is 6.98. The lowest BCUT2D eigenvalue weighted by atomic mass is 10.2. The number of carbonyl (C=O) groups excluding carboxylic acids is 2. The second-order valence-corrected chi connectivity index (χ2v) is 8.67. The minimum atomic E-state index is -0.528. The summed E-state index contributed by atoms with van der Waals surface area (Å²) in [7, 11) is 0. The van der Waals surface area contributed by atoms with Crippen molar-refractivity contribution in [1.82, 2.24) is 14.8 Å². The number of benzene rings is 3. The zero-order valence-corrected chi connectivity index (χ0v) is 19.4. The van der Waals surface area contributed by atoms with Crippen molar-refractivity contribution < 1.29 is 9.59 Å². The van der Waals surface area contributed by atoms with Crippen LogP contribution in [0.3, 0.4) is 0 Å². The molecule has 33 heavy (non-hydrogen) atoms. The highest BCUT2D eigenvalue weighted by atomic mass is 35.5. The van der Waals surface area contributed by atoms with Crippen molar-refractivity contribution in [2.45, 2.75) is 5.16 Å². The van der Waals surface area contributed by atoms with Crippen molar-refractivity contribution in [2.75, 3.05) is 11.1 Å². The summed E-state index contributed by atoms with van der Waals surface area (Å²) >= 11 is 13.7. The summed E-state index contributed by atoms with van der Waals surface area (Å²) in [6.45, 7) is 0. The first-order chi connectivity index (χ1) is 15.9. The Balaban J connectivity index is 1.57. The Morgan fingerprint density at radius 1 is 0.970 bits per heavy atom. The first-order valence-corrected chi connectivity index (χ1v) is 11.5. The molecule has 4 rings (SSSR count). The van der Waals surface area contributed by atoms with Gasteiger partial charge in [0.05, 0.1) is 10.8 Å². The van der Waals surface area contributed by atoms with E-state index < -0.39 is 5.91 Å². The molecular formula is C23H17Cl2N5O2S. The zero-order valence-electron chi connectivity index (χ0n) is 17.0. The third-order valence-corrected chi connectivity index (χ3v) is 6.08. The predicted molar refractivity (Wildman–Crippen MR) is 131 cm³/mol. The first kappa shape index (κ1) is 22.8. The lowest BCUT2D eigenvalue weighted by molar-refractivity contribution is -0.113. The van der Waals surface area contributed by atoms with Gasteiger partial charge >= 0.3 is 0 Å². The van der Waals surface area contributed by atoms with Crippen LogP contribution in [0, 0.1) is 0 Å². The lowest BCUT2D eigenvalue weighted by Crippen LogP contribution is -2.15. The smallest absolute Gasteiger partial charge is 0.248 e. The number of rotatable bonds is 7. The molecule has 4 aromatic rings. The Bertz CT molecular complexity index is 1310. The number of primary amides is 1. The highest BCUT2D eigenvalue weighted by Gasteiger charge is 2.19. The normalized spacial score (nSPS) is 10.7. The molecule has 7 nitrogen and oxygen atoms in total. The molecule has 0 aliphatic heterocycles. The van der Waals surface area contributed by atoms with Gasteiger partial charge < -0.3 is 11.1 Å². The Morgan fingerprint density at radius 2 is 1.70 bits per heavy atom. The van der Waals surface area contributed by atoms with Crippen LogP contribution in [0.15, 0.2) is 78.0 Å². The van der Waals surface area contributed by atoms with Gasteiger partial charge in [-0.3, -0.25) is 14.2 Å². The van der Waals surface area contributed by atoms with E-state index in [4.69, 9.17) is 28.9 Å². The molecule has 0 atom stereocenters. The van der Waals surface area contributed by atoms with Gasteiger partial charge in [-0.1, -0.05) is 53.2 Å². The molecule has 0 saturated heterocycles. The molecule has 3 N–H and O–H groups in total. The summed E-state index contributed by atoms with van der Waals surface area (Å²) < 4.78 is 1.84. The molecule has 10 heteroatoms. The largest absolute Gasteiger partial charge is 0.366 e. The second kappa shape index (κ2) is 10.1. The number of para-hydroxylation sites is 1. The van der Waals surface area contributed by atoms with Crippen LogP contribution in [0.1, 0.15) is 10.4 Å². The number of nitrogens with one attached hydrogen (secondary N) is 1. The van der Waals surface area contributed by atoms with Crippen LogP contribution in [-0.4, -0.2) is 32.3 Å². The van der Waals surface area contributed by atoms with Gasteiger partial charge in [-0.25, -0.2) is 0 Å². The Labute approximate surface area is 203 Å². The van der Waals surface area contributed by atoms with Crippen molar-refractivity contribution in [3.8, 4) is 17.1 Å². The van der Waals surface area contributed by atoms with E-state index in [0.29, 0.717) is 37.8 Å². The molecule has 0 fully saturated rings. The quantitative estimate of drug-likeness (QED) is 0.347. The average molecular weight is 498 g/mol. The molecule has 0 radical (unpaired) electrons. The SMILES string of the molecule is NC(=O)c1ccc(NC(=O)CSc2nnc(-c3ccc(Cl)cc3Cl)n2-c2ccccc2)cc1. The van der Waals surface area contributed by atoms with E-state index in [0.717, 1.165) is 5.69 Å². The summed E-state index contributed by atoms with van der Waals surface area (Å²) in [6, 6.07) is 21.1. The number of carbonyl (C=O) groups is 2. The van der Waals surface area contributed by atoms with Crippen molar-refractivity contribution in [3.63, 3.8) is 0 Å². The minimum Gasteiger partial charge on any atom is -0.366 e. The molecule has 0 saturated carbocycles. The van der Waals surface area contributed by atoms with E-state index in [1.54, 1.807) is 42.5 Å². The minimum absolute atomic E-state index is 0.0941. The van der Waals surface area contributed by atoms with Gasteiger partial charge in [0, 0.05) is 27.5 Å². The van der Waals surface area contributed by atoms with E-state index in [2.05, 4.69) is 15.5 Å². The molecule has 0 aliphatic rings. The molecule has 0 spiro atoms. The topological polar surface area (TPSA) is 103 Å². The van der Waals surface area contributed by atoms with Gasteiger partial charge in [0.2, 0.25) is 11.8 Å². The maximum atomic E-state index is 12.5. The maximum Gasteiger partial charge on any atom is 0.248 e. The molecule has 166 valence electrons. The number of anilines is 1. The van der Waals surface area contributed by atoms with E-state index in [1.165, 1.54) is 11.8 Å². The van der Waals surface area contributed by atoms with Gasteiger partial charge in [0.25, 0.3) is 0 Å². The van der Waals surface area contributed by atoms with Crippen LogP contribution >= 0.6 is 35.0 Å². The highest BCUT2D eigenvalue weighted by Crippen LogP contribution is 2.33. The maximum absolute atomic E-state index is 12.5. The summed E-state index contributed by atoms with van der Waals surface area (Å²) in [5, 5.41) is 12.9. The molecule has 1 heterocycles. The molecular weight excluding hydrogens is 481 g/mol. The fourth-order valence-electron chi connectivity index (χ4n) is 3.06. The first-order valence-electron chi connectivity index (χ1n) is 9.71.